The van der Waals surface area contributed by atoms with Gasteiger partial charge in [0, 0.05) is 0 Å². The normalized spacial score (nSPS) is 41.7. The van der Waals surface area contributed by atoms with Crippen LogP contribution in [0.3, 0.4) is 0 Å². The molecule has 0 radical (unpaired) electrons. The van der Waals surface area contributed by atoms with Crippen molar-refractivity contribution >= 4 is 47.0 Å². The highest BCUT2D eigenvalue weighted by Gasteiger charge is 2.49. The van der Waals surface area contributed by atoms with Crippen LogP contribution in [0.2, 0.25) is 0 Å². The van der Waals surface area contributed by atoms with Gasteiger partial charge >= 0.3 is 0 Å². The van der Waals surface area contributed by atoms with E-state index in [1.807, 2.05) is 47.0 Å². The number of aliphatic hydroxyl groups is 2. The van der Waals surface area contributed by atoms with Crippen LogP contribution >= 0.6 is 47.0 Å². The maximum absolute atomic E-state index is 11.0. The Morgan fingerprint density at radius 1 is 0.600 bits per heavy atom. The number of thioether (sulfide) groups is 4. The zero-order valence-corrected chi connectivity index (χ0v) is 15.0. The van der Waals surface area contributed by atoms with Crippen molar-refractivity contribution in [2.75, 3.05) is 23.0 Å². The molecule has 2 heterocycles. The van der Waals surface area contributed by atoms with Gasteiger partial charge in [-0.25, -0.2) is 0 Å². The lowest BCUT2D eigenvalue weighted by molar-refractivity contribution is -0.0646. The topological polar surface area (TPSA) is 40.5 Å². The molecular weight excluding hydrogens is 328 g/mol. The van der Waals surface area contributed by atoms with Crippen molar-refractivity contribution < 1.29 is 10.2 Å². The Morgan fingerprint density at radius 2 is 0.900 bits per heavy atom. The minimum Gasteiger partial charge on any atom is -0.388 e. The van der Waals surface area contributed by atoms with E-state index in [0.29, 0.717) is 9.16 Å². The maximum Gasteiger partial charge on any atom is 0.0859 e. The van der Waals surface area contributed by atoms with Gasteiger partial charge in [0.2, 0.25) is 0 Å². The van der Waals surface area contributed by atoms with Gasteiger partial charge in [0.15, 0.2) is 0 Å². The molecule has 0 unspecified atom stereocenters. The first kappa shape index (κ1) is 16.2. The largest absolute Gasteiger partial charge is 0.388 e. The van der Waals surface area contributed by atoms with Crippen molar-refractivity contribution in [3.63, 3.8) is 0 Å². The van der Waals surface area contributed by atoms with Gasteiger partial charge in [-0.3, -0.25) is 0 Å². The molecule has 0 bridgehead atoms. The molecule has 116 valence electrons. The van der Waals surface area contributed by atoms with Gasteiger partial charge in [-0.2, -0.15) is 0 Å². The predicted octanol–water partition coefficient (Wildman–Crippen LogP) is 3.42. The van der Waals surface area contributed by atoms with E-state index >= 15 is 0 Å². The molecule has 3 rings (SSSR count). The summed E-state index contributed by atoms with van der Waals surface area (Å²) in [4.78, 5) is 0. The van der Waals surface area contributed by atoms with Crippen LogP contribution in [0.4, 0.5) is 0 Å². The molecule has 0 aromatic carbocycles. The monoisotopic (exact) mass is 352 g/mol. The van der Waals surface area contributed by atoms with Crippen LogP contribution in [0, 0.1) is 0 Å². The quantitative estimate of drug-likeness (QED) is 0.794. The summed E-state index contributed by atoms with van der Waals surface area (Å²) < 4.78 is 0.653. The Morgan fingerprint density at radius 3 is 1.20 bits per heavy atom. The third kappa shape index (κ3) is 3.46. The maximum atomic E-state index is 11.0. The van der Waals surface area contributed by atoms with E-state index in [9.17, 15) is 10.2 Å². The summed E-state index contributed by atoms with van der Waals surface area (Å²) in [5, 5.41) is 21.9. The molecule has 1 saturated carbocycles. The van der Waals surface area contributed by atoms with E-state index in [0.717, 1.165) is 25.7 Å². The van der Waals surface area contributed by atoms with Crippen molar-refractivity contribution in [3.8, 4) is 0 Å². The van der Waals surface area contributed by atoms with Crippen molar-refractivity contribution in [3.05, 3.63) is 0 Å². The summed E-state index contributed by atoms with van der Waals surface area (Å²) in [6.45, 7) is 0. The first-order chi connectivity index (χ1) is 9.62. The minimum absolute atomic E-state index is 0.326. The van der Waals surface area contributed by atoms with Crippen molar-refractivity contribution in [2.24, 2.45) is 0 Å². The molecule has 1 aliphatic carbocycles. The molecule has 0 atom stereocenters. The third-order valence-corrected chi connectivity index (χ3v) is 11.2. The second-order valence-electron chi connectivity index (χ2n) is 6.06. The summed E-state index contributed by atoms with van der Waals surface area (Å²) in [5.74, 6) is 4.72. The first-order valence-corrected chi connectivity index (χ1v) is 11.7. The van der Waals surface area contributed by atoms with E-state index in [2.05, 4.69) is 0 Å². The predicted molar refractivity (Wildman–Crippen MR) is 95.0 cm³/mol. The number of rotatable bonds is 2. The van der Waals surface area contributed by atoms with Crippen LogP contribution < -0.4 is 0 Å². The molecule has 3 fully saturated rings. The van der Waals surface area contributed by atoms with E-state index < -0.39 is 11.2 Å². The van der Waals surface area contributed by atoms with E-state index in [1.165, 1.54) is 35.9 Å². The smallest absolute Gasteiger partial charge is 0.0859 e. The zero-order chi connectivity index (χ0) is 14.1. The van der Waals surface area contributed by atoms with Gasteiger partial charge in [-0.1, -0.05) is 0 Å². The lowest BCUT2D eigenvalue weighted by Crippen LogP contribution is -2.52. The van der Waals surface area contributed by atoms with Gasteiger partial charge in [0.1, 0.15) is 0 Å². The van der Waals surface area contributed by atoms with Gasteiger partial charge in [-0.05, 0) is 61.5 Å². The number of hydrogen-bond acceptors (Lipinski definition) is 6. The van der Waals surface area contributed by atoms with Crippen LogP contribution in [-0.4, -0.2) is 53.6 Å². The average molecular weight is 353 g/mol. The molecule has 0 amide bonds. The van der Waals surface area contributed by atoms with Gasteiger partial charge < -0.3 is 10.2 Å². The zero-order valence-electron chi connectivity index (χ0n) is 11.8. The number of hydrogen-bond donors (Lipinski definition) is 2. The van der Waals surface area contributed by atoms with Crippen LogP contribution in [0.1, 0.15) is 38.5 Å². The fourth-order valence-corrected chi connectivity index (χ4v) is 9.76. The van der Waals surface area contributed by atoms with Crippen LogP contribution in [0.15, 0.2) is 0 Å². The third-order valence-electron chi connectivity index (χ3n) is 4.51. The van der Waals surface area contributed by atoms with Crippen molar-refractivity contribution in [1.29, 1.82) is 0 Å². The molecule has 0 aromatic heterocycles. The summed E-state index contributed by atoms with van der Waals surface area (Å²) in [6.07, 6.45) is 5.61. The fourth-order valence-electron chi connectivity index (χ4n) is 3.18. The Kier molecular flexibility index (Phi) is 5.53. The summed E-state index contributed by atoms with van der Waals surface area (Å²) in [7, 11) is 0. The highest BCUT2D eigenvalue weighted by molar-refractivity contribution is 8.18. The van der Waals surface area contributed by atoms with Gasteiger partial charge in [-0.15, -0.1) is 47.0 Å². The highest BCUT2D eigenvalue weighted by Crippen LogP contribution is 2.51. The van der Waals surface area contributed by atoms with Crippen molar-refractivity contribution in [1.82, 2.24) is 0 Å². The second-order valence-corrected chi connectivity index (χ2v) is 11.5. The minimum atomic E-state index is -0.550. The summed E-state index contributed by atoms with van der Waals surface area (Å²) in [6, 6.07) is 0. The SMILES string of the molecule is OC1(C2SCCCS2)CCC(O)(C2SCCCS2)CC1. The lowest BCUT2D eigenvalue weighted by atomic mass is 9.77. The Bertz CT molecular complexity index is 287. The van der Waals surface area contributed by atoms with E-state index in [4.69, 9.17) is 0 Å². The molecule has 2 N–H and O–H groups in total. The van der Waals surface area contributed by atoms with Crippen LogP contribution in [0.25, 0.3) is 0 Å². The second kappa shape index (κ2) is 6.83. The molecule has 6 heteroatoms. The Hall–Kier alpha value is 1.32. The summed E-state index contributed by atoms with van der Waals surface area (Å²) >= 11 is 7.70. The first-order valence-electron chi connectivity index (χ1n) is 7.54. The lowest BCUT2D eigenvalue weighted by Gasteiger charge is -2.48. The van der Waals surface area contributed by atoms with Crippen LogP contribution in [0.5, 0.6) is 0 Å². The highest BCUT2D eigenvalue weighted by atomic mass is 32.2. The van der Waals surface area contributed by atoms with Gasteiger partial charge in [0.25, 0.3) is 0 Å². The molecule has 0 spiro atoms. The summed E-state index contributed by atoms with van der Waals surface area (Å²) in [5.41, 5.74) is -1.10. The van der Waals surface area contributed by atoms with Crippen LogP contribution in [-0.2, 0) is 0 Å². The van der Waals surface area contributed by atoms with E-state index in [-0.39, 0.29) is 0 Å². The fraction of sp³-hybridized carbons (Fsp3) is 1.00. The Balaban J connectivity index is 1.59. The molecule has 3 aliphatic rings. The average Bonchev–Trinajstić information content (AvgIpc) is 2.52. The molecule has 2 saturated heterocycles. The van der Waals surface area contributed by atoms with E-state index in [1.54, 1.807) is 0 Å². The van der Waals surface area contributed by atoms with Crippen molar-refractivity contribution in [2.45, 2.75) is 58.9 Å². The molecular formula is C14H24O2S4. The van der Waals surface area contributed by atoms with Gasteiger partial charge in [0.05, 0.1) is 20.4 Å². The molecule has 0 aromatic rings. The Labute approximate surface area is 139 Å². The molecule has 2 nitrogen and oxygen atoms in total. The molecule has 2 aliphatic heterocycles. The molecule has 20 heavy (non-hydrogen) atoms. The standard InChI is InChI=1S/C14H24O2S4/c15-13(11-17-7-1-8-18-11)3-5-14(16,6-4-13)12-19-9-2-10-20-12/h11-12,15-16H,1-10H2.